The number of halogens is 1. The van der Waals surface area contributed by atoms with E-state index in [0.29, 0.717) is 5.56 Å². The van der Waals surface area contributed by atoms with Crippen molar-refractivity contribution in [1.29, 1.82) is 0 Å². The Morgan fingerprint density at radius 1 is 1.00 bits per heavy atom. The lowest BCUT2D eigenvalue weighted by molar-refractivity contribution is 0.0696. The lowest BCUT2D eigenvalue weighted by Crippen LogP contribution is -2.13. The molecule has 0 saturated carbocycles. The molecule has 21 heavy (non-hydrogen) atoms. The lowest BCUT2D eigenvalue weighted by atomic mass is 10.1. The number of carboxylic acids is 1. The van der Waals surface area contributed by atoms with Crippen molar-refractivity contribution in [2.75, 3.05) is 5.32 Å². The first kappa shape index (κ1) is 15.1. The fourth-order valence-corrected chi connectivity index (χ4v) is 2.00. The van der Waals surface area contributed by atoms with E-state index in [1.165, 1.54) is 18.2 Å². The fourth-order valence-electron chi connectivity index (χ4n) is 1.83. The fraction of sp³-hybridized carbons (Fsp3) is 0.125. The SMILES string of the molecule is Cc1ccc(C(=O)Nc2cc(C(=O)O)ccc2Cl)cc1C. The summed E-state index contributed by atoms with van der Waals surface area (Å²) >= 11 is 5.98. The van der Waals surface area contributed by atoms with Crippen LogP contribution in [-0.2, 0) is 0 Å². The second-order valence-electron chi connectivity index (χ2n) is 4.75. The van der Waals surface area contributed by atoms with E-state index in [2.05, 4.69) is 5.32 Å². The smallest absolute Gasteiger partial charge is 0.335 e. The highest BCUT2D eigenvalue weighted by Gasteiger charge is 2.12. The Morgan fingerprint density at radius 3 is 2.29 bits per heavy atom. The first-order valence-electron chi connectivity index (χ1n) is 6.30. The van der Waals surface area contributed by atoms with Crippen molar-refractivity contribution in [3.63, 3.8) is 0 Å². The van der Waals surface area contributed by atoms with Crippen molar-refractivity contribution in [1.82, 2.24) is 0 Å². The number of anilines is 1. The summed E-state index contributed by atoms with van der Waals surface area (Å²) in [5.41, 5.74) is 2.94. The minimum Gasteiger partial charge on any atom is -0.478 e. The quantitative estimate of drug-likeness (QED) is 0.903. The Labute approximate surface area is 127 Å². The van der Waals surface area contributed by atoms with Crippen molar-refractivity contribution >= 4 is 29.2 Å². The molecule has 0 atom stereocenters. The van der Waals surface area contributed by atoms with Crippen LogP contribution in [0.4, 0.5) is 5.69 Å². The summed E-state index contributed by atoms with van der Waals surface area (Å²) in [5, 5.41) is 11.9. The van der Waals surface area contributed by atoms with Gasteiger partial charge in [-0.25, -0.2) is 4.79 Å². The van der Waals surface area contributed by atoms with E-state index in [-0.39, 0.29) is 22.2 Å². The molecule has 0 fully saturated rings. The molecule has 2 aromatic carbocycles. The molecule has 0 aromatic heterocycles. The molecule has 0 bridgehead atoms. The van der Waals surface area contributed by atoms with E-state index >= 15 is 0 Å². The molecule has 0 aliphatic heterocycles. The van der Waals surface area contributed by atoms with Gasteiger partial charge in [-0.3, -0.25) is 4.79 Å². The van der Waals surface area contributed by atoms with Gasteiger partial charge < -0.3 is 10.4 Å². The third-order valence-corrected chi connectivity index (χ3v) is 3.56. The number of carbonyl (C=O) groups is 2. The summed E-state index contributed by atoms with van der Waals surface area (Å²) < 4.78 is 0. The van der Waals surface area contributed by atoms with Gasteiger partial charge >= 0.3 is 5.97 Å². The largest absolute Gasteiger partial charge is 0.478 e. The molecule has 1 amide bonds. The van der Waals surface area contributed by atoms with Crippen molar-refractivity contribution in [2.24, 2.45) is 0 Å². The molecule has 108 valence electrons. The van der Waals surface area contributed by atoms with E-state index in [9.17, 15) is 9.59 Å². The number of hydrogen-bond donors (Lipinski definition) is 2. The van der Waals surface area contributed by atoms with Gasteiger partial charge in [0.1, 0.15) is 0 Å². The third-order valence-electron chi connectivity index (χ3n) is 3.23. The summed E-state index contributed by atoms with van der Waals surface area (Å²) in [6.07, 6.45) is 0. The predicted octanol–water partition coefficient (Wildman–Crippen LogP) is 3.91. The Morgan fingerprint density at radius 2 is 1.67 bits per heavy atom. The first-order chi connectivity index (χ1) is 9.88. The van der Waals surface area contributed by atoms with Gasteiger partial charge in [0, 0.05) is 5.56 Å². The minimum atomic E-state index is -1.08. The van der Waals surface area contributed by atoms with Crippen LogP contribution in [0.25, 0.3) is 0 Å². The van der Waals surface area contributed by atoms with Crippen molar-refractivity contribution < 1.29 is 14.7 Å². The topological polar surface area (TPSA) is 66.4 Å². The zero-order valence-electron chi connectivity index (χ0n) is 11.6. The highest BCUT2D eigenvalue weighted by atomic mass is 35.5. The number of aryl methyl sites for hydroxylation is 2. The highest BCUT2D eigenvalue weighted by molar-refractivity contribution is 6.34. The zero-order valence-corrected chi connectivity index (χ0v) is 12.4. The molecule has 0 saturated heterocycles. The summed E-state index contributed by atoms with van der Waals surface area (Å²) in [6.45, 7) is 3.88. The molecule has 2 aromatic rings. The van der Waals surface area contributed by atoms with Crippen LogP contribution in [-0.4, -0.2) is 17.0 Å². The molecule has 4 nitrogen and oxygen atoms in total. The number of amides is 1. The molecular formula is C16H14ClNO3. The molecule has 2 N–H and O–H groups in total. The maximum atomic E-state index is 12.2. The standard InChI is InChI=1S/C16H14ClNO3/c1-9-3-4-11(7-10(9)2)15(19)18-14-8-12(16(20)21)5-6-13(14)17/h3-8H,1-2H3,(H,18,19)(H,20,21). The normalized spacial score (nSPS) is 10.2. The average molecular weight is 304 g/mol. The van der Waals surface area contributed by atoms with Crippen LogP contribution in [0.2, 0.25) is 5.02 Å². The number of aromatic carboxylic acids is 1. The van der Waals surface area contributed by atoms with Gasteiger partial charge in [-0.1, -0.05) is 17.7 Å². The Kier molecular flexibility index (Phi) is 4.29. The van der Waals surface area contributed by atoms with Crippen LogP contribution in [0.1, 0.15) is 31.8 Å². The van der Waals surface area contributed by atoms with Crippen LogP contribution in [0, 0.1) is 13.8 Å². The Balaban J connectivity index is 2.28. The second-order valence-corrected chi connectivity index (χ2v) is 5.16. The summed E-state index contributed by atoms with van der Waals surface area (Å²) in [6, 6.07) is 9.52. The van der Waals surface area contributed by atoms with Crippen LogP contribution in [0.15, 0.2) is 36.4 Å². The molecule has 0 radical (unpaired) electrons. The second kappa shape index (κ2) is 5.97. The lowest BCUT2D eigenvalue weighted by Gasteiger charge is -2.09. The van der Waals surface area contributed by atoms with Gasteiger partial charge in [0.05, 0.1) is 16.3 Å². The van der Waals surface area contributed by atoms with Crippen LogP contribution in [0.5, 0.6) is 0 Å². The maximum absolute atomic E-state index is 12.2. The molecule has 0 spiro atoms. The molecule has 5 heteroatoms. The van der Waals surface area contributed by atoms with Crippen LogP contribution in [0.3, 0.4) is 0 Å². The number of carboxylic acid groups (broad SMARTS) is 1. The number of nitrogens with one attached hydrogen (secondary N) is 1. The van der Waals surface area contributed by atoms with E-state index in [0.717, 1.165) is 11.1 Å². The van der Waals surface area contributed by atoms with Gasteiger partial charge in [0.25, 0.3) is 5.91 Å². The van der Waals surface area contributed by atoms with Crippen LogP contribution >= 0.6 is 11.6 Å². The van der Waals surface area contributed by atoms with E-state index in [1.54, 1.807) is 12.1 Å². The Hall–Kier alpha value is -2.33. The average Bonchev–Trinajstić information content (AvgIpc) is 2.43. The first-order valence-corrected chi connectivity index (χ1v) is 6.67. The molecule has 0 heterocycles. The van der Waals surface area contributed by atoms with Crippen molar-refractivity contribution in [3.8, 4) is 0 Å². The number of benzene rings is 2. The molecular weight excluding hydrogens is 290 g/mol. The number of carbonyl (C=O) groups excluding carboxylic acids is 1. The van der Waals surface area contributed by atoms with Gasteiger partial charge in [-0.05, 0) is 55.3 Å². The van der Waals surface area contributed by atoms with E-state index in [1.807, 2.05) is 19.9 Å². The predicted molar refractivity (Wildman–Crippen MR) is 82.3 cm³/mol. The highest BCUT2D eigenvalue weighted by Crippen LogP contribution is 2.24. The van der Waals surface area contributed by atoms with Crippen molar-refractivity contribution in [3.05, 3.63) is 63.7 Å². The molecule has 0 aliphatic carbocycles. The summed E-state index contributed by atoms with van der Waals surface area (Å²) in [7, 11) is 0. The number of hydrogen-bond acceptors (Lipinski definition) is 2. The zero-order chi connectivity index (χ0) is 15.6. The maximum Gasteiger partial charge on any atom is 0.335 e. The monoisotopic (exact) mass is 303 g/mol. The third kappa shape index (κ3) is 3.41. The summed E-state index contributed by atoms with van der Waals surface area (Å²) in [4.78, 5) is 23.1. The van der Waals surface area contributed by atoms with Gasteiger partial charge in [-0.2, -0.15) is 0 Å². The van der Waals surface area contributed by atoms with Gasteiger partial charge in [0.2, 0.25) is 0 Å². The Bertz CT molecular complexity index is 725. The minimum absolute atomic E-state index is 0.0646. The van der Waals surface area contributed by atoms with E-state index < -0.39 is 5.97 Å². The van der Waals surface area contributed by atoms with Crippen molar-refractivity contribution in [2.45, 2.75) is 13.8 Å². The summed E-state index contributed by atoms with van der Waals surface area (Å²) in [5.74, 6) is -1.41. The van der Waals surface area contributed by atoms with Gasteiger partial charge in [-0.15, -0.1) is 0 Å². The molecule has 0 aliphatic rings. The molecule has 2 rings (SSSR count). The molecule has 0 unspecified atom stereocenters. The van der Waals surface area contributed by atoms with Crippen LogP contribution < -0.4 is 5.32 Å². The van der Waals surface area contributed by atoms with Gasteiger partial charge in [0.15, 0.2) is 0 Å². The number of rotatable bonds is 3. The van der Waals surface area contributed by atoms with E-state index in [4.69, 9.17) is 16.7 Å².